The van der Waals surface area contributed by atoms with E-state index < -0.39 is 5.97 Å². The fourth-order valence-corrected chi connectivity index (χ4v) is 4.07. The minimum Gasteiger partial charge on any atom is -0.491 e. The van der Waals surface area contributed by atoms with Gasteiger partial charge in [0.2, 0.25) is 17.7 Å². The summed E-state index contributed by atoms with van der Waals surface area (Å²) in [7, 11) is 0. The molecular weight excluding hydrogens is 462 g/mol. The van der Waals surface area contributed by atoms with Gasteiger partial charge in [-0.2, -0.15) is 0 Å². The molecule has 0 unspecified atom stereocenters. The van der Waals surface area contributed by atoms with Gasteiger partial charge in [0.05, 0.1) is 23.7 Å². The van der Waals surface area contributed by atoms with Crippen LogP contribution >= 0.6 is 0 Å². The lowest BCUT2D eigenvalue weighted by atomic mass is 10.1. The van der Waals surface area contributed by atoms with E-state index in [1.807, 2.05) is 4.90 Å². The lowest BCUT2D eigenvalue weighted by Crippen LogP contribution is -2.37. The largest absolute Gasteiger partial charge is 0.491 e. The molecule has 9 heteroatoms. The molecule has 1 aromatic heterocycles. The Morgan fingerprint density at radius 2 is 1.81 bits per heavy atom. The van der Waals surface area contributed by atoms with Crippen LogP contribution in [-0.2, 0) is 16.0 Å². The molecule has 0 spiro atoms. The van der Waals surface area contributed by atoms with Gasteiger partial charge in [-0.15, -0.1) is 0 Å². The van der Waals surface area contributed by atoms with E-state index in [4.69, 9.17) is 9.47 Å². The average molecular weight is 490 g/mol. The number of pyridine rings is 1. The smallest absolute Gasteiger partial charge is 0.337 e. The summed E-state index contributed by atoms with van der Waals surface area (Å²) in [5, 5.41) is 11.9. The van der Waals surface area contributed by atoms with Crippen molar-refractivity contribution in [3.63, 3.8) is 0 Å². The zero-order chi connectivity index (χ0) is 25.5. The van der Waals surface area contributed by atoms with Gasteiger partial charge in [0.15, 0.2) is 0 Å². The molecule has 2 heterocycles. The van der Waals surface area contributed by atoms with E-state index in [1.54, 1.807) is 61.5 Å². The second-order valence-corrected chi connectivity index (χ2v) is 8.47. The van der Waals surface area contributed by atoms with Crippen LogP contribution in [0, 0.1) is 0 Å². The Kier molecular flexibility index (Phi) is 7.79. The zero-order valence-corrected chi connectivity index (χ0v) is 19.8. The monoisotopic (exact) mass is 489 g/mol. The molecule has 2 aromatic carbocycles. The number of likely N-dealkylation sites (tertiary alicyclic amines) is 1. The van der Waals surface area contributed by atoms with Crippen molar-refractivity contribution < 1.29 is 29.0 Å². The Bertz CT molecular complexity index is 1230. The molecule has 3 aromatic rings. The topological polar surface area (TPSA) is 118 Å². The van der Waals surface area contributed by atoms with Crippen molar-refractivity contribution in [2.24, 2.45) is 0 Å². The third-order valence-electron chi connectivity index (χ3n) is 5.86. The number of aromatic carboxylic acids is 1. The molecule has 1 aliphatic rings. The highest BCUT2D eigenvalue weighted by atomic mass is 16.5. The van der Waals surface area contributed by atoms with E-state index in [0.29, 0.717) is 29.5 Å². The molecule has 0 bridgehead atoms. The third kappa shape index (κ3) is 6.38. The molecular formula is C27H27N3O6. The van der Waals surface area contributed by atoms with Crippen LogP contribution in [0.4, 0.5) is 5.69 Å². The Morgan fingerprint density at radius 1 is 1.06 bits per heavy atom. The van der Waals surface area contributed by atoms with E-state index in [-0.39, 0.29) is 35.5 Å². The van der Waals surface area contributed by atoms with Crippen LogP contribution < -0.4 is 14.8 Å². The molecule has 2 N–H and O–H groups in total. The molecule has 0 radical (unpaired) electrons. The number of anilines is 1. The number of carboxylic acid groups (broad SMARTS) is 1. The minimum absolute atomic E-state index is 0.0284. The first kappa shape index (κ1) is 24.7. The van der Waals surface area contributed by atoms with Crippen molar-refractivity contribution in [2.45, 2.75) is 32.2 Å². The van der Waals surface area contributed by atoms with Crippen LogP contribution in [-0.4, -0.2) is 52.0 Å². The summed E-state index contributed by atoms with van der Waals surface area (Å²) in [5.41, 5.74) is 0.929. The highest BCUT2D eigenvalue weighted by Gasteiger charge is 2.26. The number of ether oxygens (including phenoxy) is 2. The van der Waals surface area contributed by atoms with E-state index in [2.05, 4.69) is 10.3 Å². The molecule has 2 amide bonds. The van der Waals surface area contributed by atoms with Gasteiger partial charge in [-0.3, -0.25) is 9.59 Å². The van der Waals surface area contributed by atoms with Gasteiger partial charge in [0.1, 0.15) is 18.1 Å². The molecule has 0 saturated carbocycles. The molecule has 4 rings (SSSR count). The molecule has 9 nitrogen and oxygen atoms in total. The van der Waals surface area contributed by atoms with Crippen LogP contribution in [0.3, 0.4) is 0 Å². The van der Waals surface area contributed by atoms with Gasteiger partial charge in [-0.25, -0.2) is 9.78 Å². The second-order valence-electron chi connectivity index (χ2n) is 8.47. The van der Waals surface area contributed by atoms with Gasteiger partial charge >= 0.3 is 5.97 Å². The summed E-state index contributed by atoms with van der Waals surface area (Å²) in [6, 6.07) is 16.9. The third-order valence-corrected chi connectivity index (χ3v) is 5.86. The lowest BCUT2D eigenvalue weighted by Gasteiger charge is -2.23. The number of rotatable bonds is 9. The fraction of sp³-hybridized carbons (Fsp3) is 0.259. The summed E-state index contributed by atoms with van der Waals surface area (Å²) in [6.07, 6.45) is 3.52. The van der Waals surface area contributed by atoms with Gasteiger partial charge in [0.25, 0.3) is 0 Å². The number of amides is 2. The molecule has 186 valence electrons. The average Bonchev–Trinajstić information content (AvgIpc) is 3.34. The summed E-state index contributed by atoms with van der Waals surface area (Å²) in [5.74, 6) is 0.258. The van der Waals surface area contributed by atoms with Crippen LogP contribution in [0.2, 0.25) is 0 Å². The van der Waals surface area contributed by atoms with E-state index in [9.17, 15) is 19.5 Å². The number of carboxylic acids is 1. The summed E-state index contributed by atoms with van der Waals surface area (Å²) in [6.45, 7) is 2.82. The number of carbonyl (C=O) groups is 3. The Morgan fingerprint density at radius 3 is 2.50 bits per heavy atom. The first-order valence-electron chi connectivity index (χ1n) is 11.6. The first-order chi connectivity index (χ1) is 17.4. The van der Waals surface area contributed by atoms with Crippen LogP contribution in [0.5, 0.6) is 17.4 Å². The number of para-hydroxylation sites is 1. The van der Waals surface area contributed by atoms with E-state index in [0.717, 1.165) is 19.4 Å². The van der Waals surface area contributed by atoms with Crippen LogP contribution in [0.25, 0.3) is 0 Å². The fourth-order valence-electron chi connectivity index (χ4n) is 4.07. The summed E-state index contributed by atoms with van der Waals surface area (Å²) < 4.78 is 11.6. The maximum Gasteiger partial charge on any atom is 0.337 e. The van der Waals surface area contributed by atoms with Crippen molar-refractivity contribution in [2.75, 3.05) is 18.5 Å². The number of aromatic nitrogens is 1. The highest BCUT2D eigenvalue weighted by Crippen LogP contribution is 2.24. The van der Waals surface area contributed by atoms with Crippen LogP contribution in [0.1, 0.15) is 35.7 Å². The molecule has 1 saturated heterocycles. The van der Waals surface area contributed by atoms with Crippen molar-refractivity contribution in [3.8, 4) is 17.4 Å². The van der Waals surface area contributed by atoms with E-state index >= 15 is 0 Å². The molecule has 1 fully saturated rings. The molecule has 0 aliphatic carbocycles. The number of nitrogens with zero attached hydrogens (tertiary/aromatic N) is 2. The van der Waals surface area contributed by atoms with Crippen molar-refractivity contribution in [1.29, 1.82) is 0 Å². The maximum absolute atomic E-state index is 12.4. The second kappa shape index (κ2) is 11.4. The predicted octanol–water partition coefficient (Wildman–Crippen LogP) is 4.14. The number of nitrogens with one attached hydrogen (secondary N) is 1. The number of benzene rings is 2. The SMILES string of the molecule is CC(=O)N1CCC[C@H]1COc1ccc(Oc2ccc(CC(=O)Nc3ccccc3C(=O)O)cn2)cc1. The van der Waals surface area contributed by atoms with Crippen LogP contribution in [0.15, 0.2) is 66.9 Å². The minimum atomic E-state index is -1.11. The van der Waals surface area contributed by atoms with Crippen molar-refractivity contribution in [3.05, 3.63) is 78.0 Å². The van der Waals surface area contributed by atoms with Gasteiger partial charge in [-0.1, -0.05) is 18.2 Å². The number of hydrogen-bond acceptors (Lipinski definition) is 6. The summed E-state index contributed by atoms with van der Waals surface area (Å²) >= 11 is 0. The Balaban J connectivity index is 1.27. The summed E-state index contributed by atoms with van der Waals surface area (Å²) in [4.78, 5) is 41.4. The maximum atomic E-state index is 12.4. The van der Waals surface area contributed by atoms with Gasteiger partial charge in [0, 0.05) is 25.7 Å². The van der Waals surface area contributed by atoms with Gasteiger partial charge in [-0.05, 0) is 54.8 Å². The predicted molar refractivity (Wildman–Crippen MR) is 132 cm³/mol. The molecule has 36 heavy (non-hydrogen) atoms. The van der Waals surface area contributed by atoms with E-state index in [1.165, 1.54) is 12.3 Å². The Hall–Kier alpha value is -4.40. The highest BCUT2D eigenvalue weighted by molar-refractivity contribution is 6.00. The molecule has 1 aliphatic heterocycles. The number of hydrogen-bond donors (Lipinski definition) is 2. The lowest BCUT2D eigenvalue weighted by molar-refractivity contribution is -0.130. The van der Waals surface area contributed by atoms with Crippen molar-refractivity contribution >= 4 is 23.5 Å². The molecule has 1 atom stereocenters. The van der Waals surface area contributed by atoms with Crippen molar-refractivity contribution in [1.82, 2.24) is 9.88 Å². The quantitative estimate of drug-likeness (QED) is 0.464. The zero-order valence-electron chi connectivity index (χ0n) is 19.8. The normalized spacial score (nSPS) is 14.8. The standard InChI is InChI=1S/C27H27N3O6/c1-18(31)30-14-4-5-20(30)17-35-21-9-11-22(12-10-21)36-26-13-8-19(16-28-26)15-25(32)29-24-7-3-2-6-23(24)27(33)34/h2-3,6-13,16,20H,4-5,14-15,17H2,1H3,(H,29,32)(H,33,34)/t20-/m0/s1. The first-order valence-corrected chi connectivity index (χ1v) is 11.6. The number of carbonyl (C=O) groups excluding carboxylic acids is 2. The Labute approximate surface area is 208 Å². The van der Waals surface area contributed by atoms with Gasteiger partial charge < -0.3 is 24.8 Å².